The van der Waals surface area contributed by atoms with E-state index in [2.05, 4.69) is 5.32 Å². The van der Waals surface area contributed by atoms with Crippen molar-refractivity contribution in [2.24, 2.45) is 11.7 Å². The Morgan fingerprint density at radius 2 is 1.57 bits per heavy atom. The van der Waals surface area contributed by atoms with Gasteiger partial charge in [0, 0.05) is 12.1 Å². The standard InChI is InChI=1S/C24H23FN2O3/c25-21-10-6-17(7-11-21)14-20(23(26)28)15-27-24(29)19-8-12-22(13-9-19)30-16-18-4-2-1-3-5-18/h1-13,20H,14-16H2,(H2,26,28)(H,27,29). The van der Waals surface area contributed by atoms with Crippen molar-refractivity contribution >= 4 is 11.8 Å². The smallest absolute Gasteiger partial charge is 0.251 e. The zero-order valence-electron chi connectivity index (χ0n) is 16.4. The molecule has 3 N–H and O–H groups in total. The summed E-state index contributed by atoms with van der Waals surface area (Å²) in [5.74, 6) is -1.12. The second-order valence-corrected chi connectivity index (χ2v) is 6.94. The Morgan fingerprint density at radius 1 is 0.900 bits per heavy atom. The number of hydrogen-bond acceptors (Lipinski definition) is 3. The van der Waals surface area contributed by atoms with Gasteiger partial charge < -0.3 is 15.8 Å². The fourth-order valence-electron chi connectivity index (χ4n) is 2.94. The van der Waals surface area contributed by atoms with Crippen molar-refractivity contribution in [1.29, 1.82) is 0 Å². The molecule has 0 saturated carbocycles. The van der Waals surface area contributed by atoms with Gasteiger partial charge in [-0.1, -0.05) is 42.5 Å². The number of nitrogens with one attached hydrogen (secondary N) is 1. The molecule has 0 bridgehead atoms. The number of ether oxygens (including phenoxy) is 1. The first kappa shape index (κ1) is 21.0. The number of carbonyl (C=O) groups excluding carboxylic acids is 2. The number of nitrogens with two attached hydrogens (primary N) is 1. The lowest BCUT2D eigenvalue weighted by Gasteiger charge is -2.15. The van der Waals surface area contributed by atoms with E-state index >= 15 is 0 Å². The van der Waals surface area contributed by atoms with E-state index in [4.69, 9.17) is 10.5 Å². The SMILES string of the molecule is NC(=O)C(CNC(=O)c1ccc(OCc2ccccc2)cc1)Cc1ccc(F)cc1. The van der Waals surface area contributed by atoms with E-state index in [9.17, 15) is 14.0 Å². The van der Waals surface area contributed by atoms with E-state index in [1.807, 2.05) is 30.3 Å². The molecule has 0 heterocycles. The van der Waals surface area contributed by atoms with Gasteiger partial charge in [0.15, 0.2) is 0 Å². The summed E-state index contributed by atoms with van der Waals surface area (Å²) in [7, 11) is 0. The molecule has 2 amide bonds. The van der Waals surface area contributed by atoms with E-state index in [0.29, 0.717) is 24.3 Å². The van der Waals surface area contributed by atoms with E-state index in [-0.39, 0.29) is 18.3 Å². The lowest BCUT2D eigenvalue weighted by atomic mass is 9.98. The average molecular weight is 406 g/mol. The Bertz CT molecular complexity index is 974. The van der Waals surface area contributed by atoms with Crippen molar-refractivity contribution in [3.63, 3.8) is 0 Å². The minimum Gasteiger partial charge on any atom is -0.489 e. The first-order valence-corrected chi connectivity index (χ1v) is 9.60. The zero-order valence-corrected chi connectivity index (χ0v) is 16.4. The maximum absolute atomic E-state index is 13.0. The van der Waals surface area contributed by atoms with E-state index in [0.717, 1.165) is 11.1 Å². The maximum Gasteiger partial charge on any atom is 0.251 e. The summed E-state index contributed by atoms with van der Waals surface area (Å²) in [4.78, 5) is 24.1. The Balaban J connectivity index is 1.52. The van der Waals surface area contributed by atoms with Crippen LogP contribution in [0.5, 0.6) is 5.75 Å². The fraction of sp³-hybridized carbons (Fsp3) is 0.167. The molecular formula is C24H23FN2O3. The van der Waals surface area contributed by atoms with Gasteiger partial charge in [-0.15, -0.1) is 0 Å². The Morgan fingerprint density at radius 3 is 2.20 bits per heavy atom. The molecule has 0 fully saturated rings. The van der Waals surface area contributed by atoms with Gasteiger partial charge in [0.25, 0.3) is 5.91 Å². The second-order valence-electron chi connectivity index (χ2n) is 6.94. The van der Waals surface area contributed by atoms with Gasteiger partial charge >= 0.3 is 0 Å². The third-order valence-electron chi connectivity index (χ3n) is 4.67. The first-order valence-electron chi connectivity index (χ1n) is 9.60. The summed E-state index contributed by atoms with van der Waals surface area (Å²) in [6.45, 7) is 0.536. The Hall–Kier alpha value is -3.67. The highest BCUT2D eigenvalue weighted by Gasteiger charge is 2.18. The quantitative estimate of drug-likeness (QED) is 0.571. The molecule has 0 radical (unpaired) electrons. The van der Waals surface area contributed by atoms with Gasteiger partial charge in [-0.2, -0.15) is 0 Å². The number of hydrogen-bond donors (Lipinski definition) is 2. The Kier molecular flexibility index (Phi) is 7.16. The number of amides is 2. The van der Waals surface area contributed by atoms with Crippen LogP contribution < -0.4 is 15.8 Å². The topological polar surface area (TPSA) is 81.4 Å². The monoisotopic (exact) mass is 406 g/mol. The summed E-state index contributed by atoms with van der Waals surface area (Å²) in [5.41, 5.74) is 7.74. The molecule has 3 rings (SSSR count). The fourth-order valence-corrected chi connectivity index (χ4v) is 2.94. The summed E-state index contributed by atoms with van der Waals surface area (Å²) < 4.78 is 18.7. The van der Waals surface area contributed by atoms with Crippen LogP contribution in [0.4, 0.5) is 4.39 Å². The van der Waals surface area contributed by atoms with Gasteiger partial charge in [-0.25, -0.2) is 4.39 Å². The normalized spacial score (nSPS) is 11.5. The van der Waals surface area contributed by atoms with Crippen molar-refractivity contribution in [3.8, 4) is 5.75 Å². The van der Waals surface area contributed by atoms with Crippen molar-refractivity contribution in [2.45, 2.75) is 13.0 Å². The molecule has 0 aliphatic heterocycles. The van der Waals surface area contributed by atoms with Gasteiger partial charge in [0.1, 0.15) is 18.2 Å². The lowest BCUT2D eigenvalue weighted by Crippen LogP contribution is -2.37. The molecule has 3 aromatic rings. The van der Waals surface area contributed by atoms with Crippen LogP contribution in [-0.4, -0.2) is 18.4 Å². The van der Waals surface area contributed by atoms with Crippen LogP contribution in [0, 0.1) is 11.7 Å². The second kappa shape index (κ2) is 10.2. The highest BCUT2D eigenvalue weighted by Crippen LogP contribution is 2.15. The summed E-state index contributed by atoms with van der Waals surface area (Å²) in [6, 6.07) is 22.4. The number of rotatable bonds is 9. The van der Waals surface area contributed by atoms with Crippen molar-refractivity contribution < 1.29 is 18.7 Å². The number of benzene rings is 3. The van der Waals surface area contributed by atoms with Crippen molar-refractivity contribution in [2.75, 3.05) is 6.54 Å². The maximum atomic E-state index is 13.0. The molecule has 5 nitrogen and oxygen atoms in total. The zero-order chi connectivity index (χ0) is 21.3. The Labute approximate surface area is 174 Å². The molecule has 0 aliphatic rings. The predicted octanol–water partition coefficient (Wildman–Crippen LogP) is 3.48. The number of primary amides is 1. The van der Waals surface area contributed by atoms with E-state index < -0.39 is 11.8 Å². The van der Waals surface area contributed by atoms with E-state index in [1.165, 1.54) is 12.1 Å². The molecule has 1 atom stereocenters. The van der Waals surface area contributed by atoms with Crippen LogP contribution in [0.25, 0.3) is 0 Å². The summed E-state index contributed by atoms with van der Waals surface area (Å²) >= 11 is 0. The average Bonchev–Trinajstić information content (AvgIpc) is 2.77. The van der Waals surface area contributed by atoms with Crippen molar-refractivity contribution in [1.82, 2.24) is 5.32 Å². The molecule has 0 saturated heterocycles. The van der Waals surface area contributed by atoms with Crippen LogP contribution in [0.15, 0.2) is 78.9 Å². The summed E-state index contributed by atoms with van der Waals surface area (Å²) in [6.07, 6.45) is 0.322. The minimum atomic E-state index is -0.590. The van der Waals surface area contributed by atoms with Crippen LogP contribution in [-0.2, 0) is 17.8 Å². The highest BCUT2D eigenvalue weighted by atomic mass is 19.1. The van der Waals surface area contributed by atoms with Crippen LogP contribution in [0.2, 0.25) is 0 Å². The van der Waals surface area contributed by atoms with Crippen LogP contribution in [0.1, 0.15) is 21.5 Å². The van der Waals surface area contributed by atoms with E-state index in [1.54, 1.807) is 36.4 Å². The van der Waals surface area contributed by atoms with Gasteiger partial charge in [0.2, 0.25) is 5.91 Å². The van der Waals surface area contributed by atoms with Gasteiger partial charge in [-0.3, -0.25) is 9.59 Å². The molecule has 1 unspecified atom stereocenters. The molecule has 3 aromatic carbocycles. The summed E-state index contributed by atoms with van der Waals surface area (Å²) in [5, 5.41) is 2.73. The molecule has 0 aliphatic carbocycles. The molecule has 6 heteroatoms. The number of halogens is 1. The third-order valence-corrected chi connectivity index (χ3v) is 4.67. The lowest BCUT2D eigenvalue weighted by molar-refractivity contribution is -0.121. The third kappa shape index (κ3) is 6.17. The molecular weight excluding hydrogens is 383 g/mol. The minimum absolute atomic E-state index is 0.0950. The van der Waals surface area contributed by atoms with Crippen LogP contribution in [0.3, 0.4) is 0 Å². The molecule has 30 heavy (non-hydrogen) atoms. The largest absolute Gasteiger partial charge is 0.489 e. The van der Waals surface area contributed by atoms with Crippen LogP contribution >= 0.6 is 0 Å². The highest BCUT2D eigenvalue weighted by molar-refractivity contribution is 5.94. The predicted molar refractivity (Wildman–Crippen MR) is 112 cm³/mol. The van der Waals surface area contributed by atoms with Gasteiger partial charge in [-0.05, 0) is 53.9 Å². The molecule has 0 aromatic heterocycles. The van der Waals surface area contributed by atoms with Gasteiger partial charge in [0.05, 0.1) is 5.92 Å². The molecule has 154 valence electrons. The first-order chi connectivity index (χ1) is 14.5. The van der Waals surface area contributed by atoms with Crippen molar-refractivity contribution in [3.05, 3.63) is 101 Å². The number of carbonyl (C=O) groups is 2. The molecule has 0 spiro atoms.